The minimum absolute atomic E-state index is 0.128. The molecule has 0 unspecified atom stereocenters. The lowest BCUT2D eigenvalue weighted by molar-refractivity contribution is -0.111. The number of aryl methyl sites for hydroxylation is 2. The summed E-state index contributed by atoms with van der Waals surface area (Å²) in [6, 6.07) is 7.83. The Kier molecular flexibility index (Phi) is 6.70. The lowest BCUT2D eigenvalue weighted by Crippen LogP contribution is -2.45. The average Bonchev–Trinajstić information content (AvgIpc) is 2.65. The Balaban J connectivity index is 1.76. The molecule has 1 N–H and O–H groups in total. The Morgan fingerprint density at radius 2 is 1.82 bits per heavy atom. The molecule has 1 aliphatic rings. The molecule has 1 amide bonds. The summed E-state index contributed by atoms with van der Waals surface area (Å²) in [6.45, 7) is 9.87. The number of nitrogens with zero attached hydrogens (tertiary/aromatic N) is 4. The first-order chi connectivity index (χ1) is 13.5. The van der Waals surface area contributed by atoms with E-state index in [1.54, 1.807) is 17.8 Å². The van der Waals surface area contributed by atoms with Gasteiger partial charge in [0.25, 0.3) is 0 Å². The predicted octanol–water partition coefficient (Wildman–Crippen LogP) is 3.51. The van der Waals surface area contributed by atoms with Crippen LogP contribution in [0.2, 0.25) is 0 Å². The van der Waals surface area contributed by atoms with Gasteiger partial charge in [-0.25, -0.2) is 9.97 Å². The van der Waals surface area contributed by atoms with Gasteiger partial charge in [0.1, 0.15) is 0 Å². The molecule has 148 valence electrons. The molecule has 0 atom stereocenters. The van der Waals surface area contributed by atoms with Crippen LogP contribution in [0, 0.1) is 13.8 Å². The van der Waals surface area contributed by atoms with Gasteiger partial charge in [0.2, 0.25) is 11.9 Å². The van der Waals surface area contributed by atoms with Crippen LogP contribution in [0.3, 0.4) is 0 Å². The van der Waals surface area contributed by atoms with Crippen LogP contribution in [-0.4, -0.2) is 54.0 Å². The first-order valence-electron chi connectivity index (χ1n) is 9.46. The van der Waals surface area contributed by atoms with Gasteiger partial charge in [0.15, 0.2) is 0 Å². The number of nitrogens with one attached hydrogen (secondary N) is 1. The molecule has 0 aliphatic carbocycles. The molecule has 1 fully saturated rings. The van der Waals surface area contributed by atoms with Crippen molar-refractivity contribution in [2.75, 3.05) is 43.4 Å². The van der Waals surface area contributed by atoms with Gasteiger partial charge < -0.3 is 15.1 Å². The van der Waals surface area contributed by atoms with Gasteiger partial charge in [-0.2, -0.15) is 0 Å². The van der Waals surface area contributed by atoms with E-state index in [2.05, 4.69) is 22.2 Å². The number of benzene rings is 1. The highest BCUT2D eigenvalue weighted by molar-refractivity contribution is 7.99. The number of likely N-dealkylation sites (N-methyl/N-ethyl adjacent to an activating group) is 1. The van der Waals surface area contributed by atoms with Crippen LogP contribution >= 0.6 is 11.8 Å². The molecule has 0 radical (unpaired) electrons. The third kappa shape index (κ3) is 5.11. The topological polar surface area (TPSA) is 61.4 Å². The molecule has 1 aromatic heterocycles. The van der Waals surface area contributed by atoms with Crippen LogP contribution < -0.4 is 10.2 Å². The van der Waals surface area contributed by atoms with Gasteiger partial charge in [0.05, 0.1) is 16.3 Å². The monoisotopic (exact) mass is 397 g/mol. The van der Waals surface area contributed by atoms with Crippen molar-refractivity contribution < 1.29 is 4.79 Å². The number of amides is 1. The van der Waals surface area contributed by atoms with E-state index in [0.29, 0.717) is 0 Å². The van der Waals surface area contributed by atoms with E-state index >= 15 is 0 Å². The number of rotatable bonds is 5. The Morgan fingerprint density at radius 3 is 2.46 bits per heavy atom. The van der Waals surface area contributed by atoms with Crippen molar-refractivity contribution in [3.8, 4) is 0 Å². The summed E-state index contributed by atoms with van der Waals surface area (Å²) >= 11 is 1.63. The van der Waals surface area contributed by atoms with Crippen LogP contribution in [0.15, 0.2) is 46.2 Å². The van der Waals surface area contributed by atoms with E-state index in [4.69, 9.17) is 9.97 Å². The number of anilines is 2. The van der Waals surface area contributed by atoms with Crippen molar-refractivity contribution in [2.45, 2.75) is 30.6 Å². The van der Waals surface area contributed by atoms with Crippen LogP contribution in [0.5, 0.6) is 0 Å². The van der Waals surface area contributed by atoms with Crippen molar-refractivity contribution >= 4 is 29.3 Å². The third-order valence-electron chi connectivity index (χ3n) is 4.62. The maximum atomic E-state index is 11.8. The number of aromatic nitrogens is 2. The standard InChI is InChI=1S/C21H27N5OS/c1-5-7-19(27)24-17-8-6-9-18(14-17)28-20-15(2)22-21(23-16(20)3)26-12-10-25(4)11-13-26/h5-9,14H,10-13H2,1-4H3,(H,24,27). The fourth-order valence-corrected chi connectivity index (χ4v) is 4.03. The molecule has 0 saturated carbocycles. The second-order valence-corrected chi connectivity index (χ2v) is 8.02. The van der Waals surface area contributed by atoms with Crippen LogP contribution in [0.25, 0.3) is 0 Å². The molecule has 6 nitrogen and oxygen atoms in total. The summed E-state index contributed by atoms with van der Waals surface area (Å²) in [5.74, 6) is 0.691. The van der Waals surface area contributed by atoms with Crippen molar-refractivity contribution in [1.29, 1.82) is 0 Å². The van der Waals surface area contributed by atoms with E-state index in [-0.39, 0.29) is 5.91 Å². The van der Waals surface area contributed by atoms with E-state index in [1.807, 2.05) is 45.0 Å². The maximum absolute atomic E-state index is 11.8. The molecular weight excluding hydrogens is 370 g/mol. The van der Waals surface area contributed by atoms with Crippen molar-refractivity contribution in [3.63, 3.8) is 0 Å². The summed E-state index contributed by atoms with van der Waals surface area (Å²) in [4.78, 5) is 28.0. The first kappa shape index (κ1) is 20.4. The van der Waals surface area contributed by atoms with Gasteiger partial charge >= 0.3 is 0 Å². The fourth-order valence-electron chi connectivity index (χ4n) is 3.07. The molecule has 2 aromatic rings. The fraction of sp³-hybridized carbons (Fsp3) is 0.381. The highest BCUT2D eigenvalue weighted by Gasteiger charge is 2.19. The zero-order chi connectivity index (χ0) is 20.1. The second-order valence-electron chi connectivity index (χ2n) is 6.93. The van der Waals surface area contributed by atoms with Crippen molar-refractivity contribution in [3.05, 3.63) is 47.8 Å². The number of carbonyl (C=O) groups is 1. The molecule has 7 heteroatoms. The summed E-state index contributed by atoms with van der Waals surface area (Å²) < 4.78 is 0. The normalized spacial score (nSPS) is 15.2. The molecule has 28 heavy (non-hydrogen) atoms. The Labute approximate surface area is 171 Å². The lowest BCUT2D eigenvalue weighted by atomic mass is 10.3. The molecule has 3 rings (SSSR count). The quantitative estimate of drug-likeness (QED) is 0.779. The summed E-state index contributed by atoms with van der Waals surface area (Å²) in [7, 11) is 2.14. The highest BCUT2D eigenvalue weighted by Crippen LogP contribution is 2.33. The summed E-state index contributed by atoms with van der Waals surface area (Å²) in [5, 5.41) is 2.87. The minimum atomic E-state index is -0.128. The summed E-state index contributed by atoms with van der Waals surface area (Å²) in [6.07, 6.45) is 3.24. The molecule has 0 spiro atoms. The third-order valence-corrected chi connectivity index (χ3v) is 5.90. The number of hydrogen-bond acceptors (Lipinski definition) is 6. The van der Waals surface area contributed by atoms with Crippen molar-refractivity contribution in [1.82, 2.24) is 14.9 Å². The van der Waals surface area contributed by atoms with Gasteiger partial charge in [-0.05, 0) is 52.1 Å². The van der Waals surface area contributed by atoms with Crippen LogP contribution in [0.4, 0.5) is 11.6 Å². The zero-order valence-electron chi connectivity index (χ0n) is 16.9. The zero-order valence-corrected chi connectivity index (χ0v) is 17.7. The van der Waals surface area contributed by atoms with Gasteiger partial charge in [-0.1, -0.05) is 23.9 Å². The van der Waals surface area contributed by atoms with Crippen molar-refractivity contribution in [2.24, 2.45) is 0 Å². The maximum Gasteiger partial charge on any atom is 0.248 e. The molecule has 0 bridgehead atoms. The van der Waals surface area contributed by atoms with E-state index in [9.17, 15) is 4.79 Å². The summed E-state index contributed by atoms with van der Waals surface area (Å²) in [5.41, 5.74) is 2.74. The molecule has 2 heterocycles. The molecular formula is C21H27N5OS. The van der Waals surface area contributed by atoms with Gasteiger partial charge in [0, 0.05) is 36.8 Å². The largest absolute Gasteiger partial charge is 0.338 e. The highest BCUT2D eigenvalue weighted by atomic mass is 32.2. The minimum Gasteiger partial charge on any atom is -0.338 e. The molecule has 1 saturated heterocycles. The van der Waals surface area contributed by atoms with Crippen LogP contribution in [-0.2, 0) is 4.79 Å². The Bertz CT molecular complexity index is 852. The smallest absolute Gasteiger partial charge is 0.248 e. The van der Waals surface area contributed by atoms with E-state index < -0.39 is 0 Å². The second kappa shape index (κ2) is 9.21. The number of piperazine rings is 1. The molecule has 1 aliphatic heterocycles. The number of allylic oxidation sites excluding steroid dienone is 1. The first-order valence-corrected chi connectivity index (χ1v) is 10.3. The van der Waals surface area contributed by atoms with E-state index in [0.717, 1.165) is 59.0 Å². The van der Waals surface area contributed by atoms with Crippen LogP contribution in [0.1, 0.15) is 18.3 Å². The lowest BCUT2D eigenvalue weighted by Gasteiger charge is -2.32. The predicted molar refractivity (Wildman–Crippen MR) is 115 cm³/mol. The molecule has 1 aromatic carbocycles. The van der Waals surface area contributed by atoms with E-state index in [1.165, 1.54) is 6.08 Å². The number of hydrogen-bond donors (Lipinski definition) is 1. The van der Waals surface area contributed by atoms with Gasteiger partial charge in [-0.15, -0.1) is 0 Å². The SMILES string of the molecule is CC=CC(=O)Nc1cccc(Sc2c(C)nc(N3CCN(C)CC3)nc2C)c1. The number of carbonyl (C=O) groups excluding carboxylic acids is 1. The Hall–Kier alpha value is -2.38. The van der Waals surface area contributed by atoms with Gasteiger partial charge in [-0.3, -0.25) is 4.79 Å². The Morgan fingerprint density at radius 1 is 1.14 bits per heavy atom. The average molecular weight is 398 g/mol.